The van der Waals surface area contributed by atoms with Gasteiger partial charge >= 0.3 is 0 Å². The molecule has 0 unspecified atom stereocenters. The molecule has 1 saturated heterocycles. The zero-order valence-electron chi connectivity index (χ0n) is 10.5. The Morgan fingerprint density at radius 3 is 2.78 bits per heavy atom. The van der Waals surface area contributed by atoms with Gasteiger partial charge in [-0.1, -0.05) is 12.1 Å². The molecule has 0 radical (unpaired) electrons. The molecule has 0 amide bonds. The molecule has 0 aliphatic carbocycles. The minimum absolute atomic E-state index is 0.269. The number of oxime groups is 1. The maximum Gasteiger partial charge on any atom is 0.185 e. The fourth-order valence-electron chi connectivity index (χ4n) is 1.96. The Bertz CT molecular complexity index is 411. The van der Waals surface area contributed by atoms with Crippen molar-refractivity contribution < 1.29 is 5.21 Å². The number of aryl methyl sites for hydroxylation is 1. The second-order valence-electron chi connectivity index (χ2n) is 4.33. The van der Waals surface area contributed by atoms with Gasteiger partial charge in [-0.25, -0.2) is 4.98 Å². The number of nitrogens with two attached hydrogens (primary N) is 1. The fraction of sp³-hybridized carbons (Fsp3) is 0.636. The van der Waals surface area contributed by atoms with Gasteiger partial charge in [-0.3, -0.25) is 4.90 Å². The summed E-state index contributed by atoms with van der Waals surface area (Å²) in [6.07, 6.45) is 0.986. The summed E-state index contributed by atoms with van der Waals surface area (Å²) in [5.41, 5.74) is 6.67. The molecule has 1 aromatic rings. The highest BCUT2D eigenvalue weighted by atomic mass is 32.1. The van der Waals surface area contributed by atoms with Crippen LogP contribution in [0, 0.1) is 0 Å². The van der Waals surface area contributed by atoms with E-state index in [1.54, 1.807) is 11.3 Å². The number of anilines is 1. The monoisotopic (exact) mass is 269 g/mol. The van der Waals surface area contributed by atoms with Crippen molar-refractivity contribution in [3.63, 3.8) is 0 Å². The van der Waals surface area contributed by atoms with Gasteiger partial charge in [-0.05, 0) is 6.42 Å². The predicted molar refractivity (Wildman–Crippen MR) is 73.6 cm³/mol. The summed E-state index contributed by atoms with van der Waals surface area (Å²) in [5.74, 6) is 0.269. The number of hydrogen-bond acceptors (Lipinski definition) is 6. The normalized spacial score (nSPS) is 18.3. The SMILES string of the molecule is CCc1csc(N2CCN(CC(N)=NO)CC2)n1. The summed E-state index contributed by atoms with van der Waals surface area (Å²) in [5, 5.41) is 14.8. The maximum atomic E-state index is 8.54. The van der Waals surface area contributed by atoms with Crippen molar-refractivity contribution in [1.82, 2.24) is 9.88 Å². The molecule has 0 bridgehead atoms. The zero-order valence-corrected chi connectivity index (χ0v) is 11.4. The predicted octanol–water partition coefficient (Wildman–Crippen LogP) is 0.574. The van der Waals surface area contributed by atoms with Gasteiger partial charge in [0.2, 0.25) is 0 Å². The van der Waals surface area contributed by atoms with Gasteiger partial charge in [0.1, 0.15) is 0 Å². The zero-order chi connectivity index (χ0) is 13.0. The summed E-state index contributed by atoms with van der Waals surface area (Å²) < 4.78 is 0. The molecule has 2 heterocycles. The maximum absolute atomic E-state index is 8.54. The highest BCUT2D eigenvalue weighted by Gasteiger charge is 2.19. The van der Waals surface area contributed by atoms with Crippen LogP contribution in [0.5, 0.6) is 0 Å². The molecule has 1 aromatic heterocycles. The van der Waals surface area contributed by atoms with Gasteiger partial charge in [-0.15, -0.1) is 11.3 Å². The average molecular weight is 269 g/mol. The topological polar surface area (TPSA) is 78.0 Å². The van der Waals surface area contributed by atoms with E-state index >= 15 is 0 Å². The van der Waals surface area contributed by atoms with Gasteiger partial charge in [0.15, 0.2) is 11.0 Å². The molecule has 1 fully saturated rings. The van der Waals surface area contributed by atoms with Crippen LogP contribution in [0.1, 0.15) is 12.6 Å². The summed E-state index contributed by atoms with van der Waals surface area (Å²) in [7, 11) is 0. The highest BCUT2D eigenvalue weighted by Crippen LogP contribution is 2.21. The first kappa shape index (κ1) is 13.1. The molecule has 2 rings (SSSR count). The van der Waals surface area contributed by atoms with Gasteiger partial charge < -0.3 is 15.8 Å². The average Bonchev–Trinajstić information content (AvgIpc) is 2.88. The van der Waals surface area contributed by atoms with Crippen LogP contribution in [0.2, 0.25) is 0 Å². The Morgan fingerprint density at radius 2 is 2.22 bits per heavy atom. The lowest BCUT2D eigenvalue weighted by Crippen LogP contribution is -2.48. The van der Waals surface area contributed by atoms with Crippen molar-refractivity contribution in [2.45, 2.75) is 13.3 Å². The van der Waals surface area contributed by atoms with E-state index in [0.29, 0.717) is 6.54 Å². The number of thiazole rings is 1. The molecule has 1 aliphatic rings. The molecule has 0 spiro atoms. The van der Waals surface area contributed by atoms with Crippen molar-refractivity contribution in [3.05, 3.63) is 11.1 Å². The molecular formula is C11H19N5OS. The number of aromatic nitrogens is 1. The van der Waals surface area contributed by atoms with Crippen molar-refractivity contribution in [1.29, 1.82) is 0 Å². The lowest BCUT2D eigenvalue weighted by Gasteiger charge is -2.34. The second-order valence-corrected chi connectivity index (χ2v) is 5.17. The van der Waals surface area contributed by atoms with E-state index in [1.165, 1.54) is 0 Å². The van der Waals surface area contributed by atoms with Crippen LogP contribution in [0.15, 0.2) is 10.5 Å². The van der Waals surface area contributed by atoms with E-state index in [-0.39, 0.29) is 5.84 Å². The summed E-state index contributed by atoms with van der Waals surface area (Å²) in [4.78, 5) is 9.07. The molecule has 100 valence electrons. The lowest BCUT2D eigenvalue weighted by molar-refractivity contribution is 0.278. The summed E-state index contributed by atoms with van der Waals surface area (Å²) in [6, 6.07) is 0. The molecule has 0 saturated carbocycles. The van der Waals surface area contributed by atoms with Crippen LogP contribution in [0.3, 0.4) is 0 Å². The Hall–Kier alpha value is -1.34. The van der Waals surface area contributed by atoms with Crippen LogP contribution >= 0.6 is 11.3 Å². The molecular weight excluding hydrogens is 250 g/mol. The van der Waals surface area contributed by atoms with E-state index in [2.05, 4.69) is 32.2 Å². The lowest BCUT2D eigenvalue weighted by atomic mass is 10.3. The van der Waals surface area contributed by atoms with Crippen LogP contribution in [-0.4, -0.2) is 53.7 Å². The number of amidine groups is 1. The van der Waals surface area contributed by atoms with Crippen LogP contribution in [0.25, 0.3) is 0 Å². The van der Waals surface area contributed by atoms with Crippen LogP contribution < -0.4 is 10.6 Å². The first-order valence-electron chi connectivity index (χ1n) is 6.11. The fourth-order valence-corrected chi connectivity index (χ4v) is 2.92. The Kier molecular flexibility index (Phi) is 4.38. The van der Waals surface area contributed by atoms with Crippen molar-refractivity contribution in [3.8, 4) is 0 Å². The molecule has 3 N–H and O–H groups in total. The quantitative estimate of drug-likeness (QED) is 0.362. The van der Waals surface area contributed by atoms with Crippen molar-refractivity contribution in [2.75, 3.05) is 37.6 Å². The largest absolute Gasteiger partial charge is 0.409 e. The van der Waals surface area contributed by atoms with Crippen molar-refractivity contribution >= 4 is 22.3 Å². The summed E-state index contributed by atoms with van der Waals surface area (Å²) >= 11 is 1.71. The smallest absolute Gasteiger partial charge is 0.185 e. The number of piperazine rings is 1. The van der Waals surface area contributed by atoms with Crippen molar-refractivity contribution in [2.24, 2.45) is 10.9 Å². The van der Waals surface area contributed by atoms with E-state index in [4.69, 9.17) is 10.9 Å². The molecule has 0 atom stereocenters. The van der Waals surface area contributed by atoms with E-state index in [1.807, 2.05) is 0 Å². The first-order chi connectivity index (χ1) is 8.72. The van der Waals surface area contributed by atoms with E-state index in [0.717, 1.165) is 43.4 Å². The third kappa shape index (κ3) is 3.11. The van der Waals surface area contributed by atoms with Gasteiger partial charge in [0.25, 0.3) is 0 Å². The summed E-state index contributed by atoms with van der Waals surface area (Å²) in [6.45, 7) is 6.36. The molecule has 18 heavy (non-hydrogen) atoms. The highest BCUT2D eigenvalue weighted by molar-refractivity contribution is 7.13. The van der Waals surface area contributed by atoms with E-state index < -0.39 is 0 Å². The number of hydrogen-bond donors (Lipinski definition) is 2. The van der Waals surface area contributed by atoms with Gasteiger partial charge in [0.05, 0.1) is 12.2 Å². The minimum Gasteiger partial charge on any atom is -0.409 e. The van der Waals surface area contributed by atoms with Gasteiger partial charge in [0, 0.05) is 31.6 Å². The number of rotatable bonds is 4. The molecule has 0 aromatic carbocycles. The van der Waals surface area contributed by atoms with Crippen LogP contribution in [-0.2, 0) is 6.42 Å². The molecule has 1 aliphatic heterocycles. The molecule has 7 heteroatoms. The second kappa shape index (κ2) is 6.01. The minimum atomic E-state index is 0.269. The Labute approximate surface area is 111 Å². The third-order valence-electron chi connectivity index (χ3n) is 3.06. The van der Waals surface area contributed by atoms with Crippen LogP contribution in [0.4, 0.5) is 5.13 Å². The molecule has 6 nitrogen and oxygen atoms in total. The Morgan fingerprint density at radius 1 is 1.50 bits per heavy atom. The third-order valence-corrected chi connectivity index (χ3v) is 4.01. The van der Waals surface area contributed by atoms with Gasteiger partial charge in [-0.2, -0.15) is 0 Å². The first-order valence-corrected chi connectivity index (χ1v) is 6.99. The Balaban J connectivity index is 1.86. The standard InChI is InChI=1S/C11H19N5OS/c1-2-9-8-18-11(13-9)16-5-3-15(4-6-16)7-10(12)14-17/h8,17H,2-7H2,1H3,(H2,12,14). The number of nitrogens with zero attached hydrogens (tertiary/aromatic N) is 4. The van der Waals surface area contributed by atoms with E-state index in [9.17, 15) is 0 Å².